The molecule has 1 saturated heterocycles. The fraction of sp³-hybridized carbons (Fsp3) is 0.364. The van der Waals surface area contributed by atoms with Crippen molar-refractivity contribution in [2.75, 3.05) is 33.3 Å². The molecule has 0 spiro atoms. The lowest BCUT2D eigenvalue weighted by Gasteiger charge is -2.23. The van der Waals surface area contributed by atoms with Crippen LogP contribution in [0, 0.1) is 6.92 Å². The van der Waals surface area contributed by atoms with Gasteiger partial charge in [-0.25, -0.2) is 0 Å². The van der Waals surface area contributed by atoms with Gasteiger partial charge in [-0.05, 0) is 37.1 Å². The fourth-order valence-corrected chi connectivity index (χ4v) is 3.46. The van der Waals surface area contributed by atoms with Crippen LogP contribution >= 0.6 is 0 Å². The Morgan fingerprint density at radius 2 is 1.63 bits per heavy atom. The summed E-state index contributed by atoms with van der Waals surface area (Å²) in [5, 5.41) is 0. The van der Waals surface area contributed by atoms with E-state index in [-0.39, 0.29) is 11.8 Å². The van der Waals surface area contributed by atoms with Crippen molar-refractivity contribution in [3.05, 3.63) is 70.8 Å². The number of rotatable bonds is 4. The molecule has 3 rings (SSSR count). The van der Waals surface area contributed by atoms with Crippen molar-refractivity contribution in [2.24, 2.45) is 0 Å². The Kier molecular flexibility index (Phi) is 6.24. The van der Waals surface area contributed by atoms with Crippen LogP contribution in [0.5, 0.6) is 0 Å². The summed E-state index contributed by atoms with van der Waals surface area (Å²) in [5.74, 6) is 0.0419. The van der Waals surface area contributed by atoms with Crippen LogP contribution in [0.4, 0.5) is 0 Å². The first-order valence-corrected chi connectivity index (χ1v) is 9.32. The van der Waals surface area contributed by atoms with Crippen molar-refractivity contribution < 1.29 is 14.3 Å². The van der Waals surface area contributed by atoms with Gasteiger partial charge in [0.15, 0.2) is 0 Å². The number of amides is 2. The Balaban J connectivity index is 1.70. The van der Waals surface area contributed by atoms with Crippen LogP contribution in [0.25, 0.3) is 0 Å². The standard InChI is InChI=1S/C22H26N2O3/c1-17-7-5-9-18(15-17)21(25)23-11-6-12-24(14-13-23)22(26)20-10-4-3-8-19(20)16-27-2/h3-5,7-10,15H,6,11-14,16H2,1-2H3. The second kappa shape index (κ2) is 8.82. The van der Waals surface area contributed by atoms with E-state index in [1.54, 1.807) is 7.11 Å². The molecular weight excluding hydrogens is 340 g/mol. The van der Waals surface area contributed by atoms with E-state index in [1.165, 1.54) is 0 Å². The highest BCUT2D eigenvalue weighted by Crippen LogP contribution is 2.16. The van der Waals surface area contributed by atoms with E-state index in [9.17, 15) is 9.59 Å². The third-order valence-corrected chi connectivity index (χ3v) is 4.88. The summed E-state index contributed by atoms with van der Waals surface area (Å²) in [6, 6.07) is 15.2. The molecule has 5 nitrogen and oxygen atoms in total. The number of carbonyl (C=O) groups excluding carboxylic acids is 2. The van der Waals surface area contributed by atoms with Gasteiger partial charge in [0.25, 0.3) is 11.8 Å². The fourth-order valence-electron chi connectivity index (χ4n) is 3.46. The van der Waals surface area contributed by atoms with Crippen molar-refractivity contribution in [1.82, 2.24) is 9.80 Å². The molecule has 0 N–H and O–H groups in total. The van der Waals surface area contributed by atoms with Gasteiger partial charge < -0.3 is 14.5 Å². The number of ether oxygens (including phenoxy) is 1. The molecule has 1 heterocycles. The Hall–Kier alpha value is -2.66. The minimum atomic E-state index is 0.00695. The number of carbonyl (C=O) groups is 2. The Morgan fingerprint density at radius 3 is 2.33 bits per heavy atom. The molecular formula is C22H26N2O3. The Morgan fingerprint density at radius 1 is 0.926 bits per heavy atom. The maximum absolute atomic E-state index is 13.0. The molecule has 2 aromatic rings. The minimum absolute atomic E-state index is 0.00695. The van der Waals surface area contributed by atoms with Gasteiger partial charge in [0.1, 0.15) is 0 Å². The lowest BCUT2D eigenvalue weighted by molar-refractivity contribution is 0.0716. The molecule has 27 heavy (non-hydrogen) atoms. The van der Waals surface area contributed by atoms with Crippen LogP contribution in [-0.2, 0) is 11.3 Å². The lowest BCUT2D eigenvalue weighted by atomic mass is 10.1. The van der Waals surface area contributed by atoms with Gasteiger partial charge in [-0.3, -0.25) is 9.59 Å². The summed E-state index contributed by atoms with van der Waals surface area (Å²) in [4.78, 5) is 29.5. The van der Waals surface area contributed by atoms with E-state index >= 15 is 0 Å². The number of methoxy groups -OCH3 is 1. The molecule has 0 saturated carbocycles. The van der Waals surface area contributed by atoms with E-state index < -0.39 is 0 Å². The summed E-state index contributed by atoms with van der Waals surface area (Å²) in [6.45, 7) is 4.79. The van der Waals surface area contributed by atoms with Gasteiger partial charge in [0.05, 0.1) is 6.61 Å². The highest BCUT2D eigenvalue weighted by molar-refractivity contribution is 5.96. The largest absolute Gasteiger partial charge is 0.380 e. The third-order valence-electron chi connectivity index (χ3n) is 4.88. The summed E-state index contributed by atoms with van der Waals surface area (Å²) in [7, 11) is 1.63. The second-order valence-corrected chi connectivity index (χ2v) is 6.90. The van der Waals surface area contributed by atoms with Crippen molar-refractivity contribution >= 4 is 11.8 Å². The van der Waals surface area contributed by atoms with Gasteiger partial charge >= 0.3 is 0 Å². The zero-order valence-corrected chi connectivity index (χ0v) is 16.0. The van der Waals surface area contributed by atoms with Gasteiger partial charge in [0, 0.05) is 44.4 Å². The molecule has 0 unspecified atom stereocenters. The maximum atomic E-state index is 13.0. The molecule has 0 bridgehead atoms. The molecule has 5 heteroatoms. The maximum Gasteiger partial charge on any atom is 0.254 e. The van der Waals surface area contributed by atoms with Crippen LogP contribution in [0.2, 0.25) is 0 Å². The van der Waals surface area contributed by atoms with Gasteiger partial charge in [-0.15, -0.1) is 0 Å². The Labute approximate surface area is 160 Å². The van der Waals surface area contributed by atoms with E-state index in [1.807, 2.05) is 65.3 Å². The monoisotopic (exact) mass is 366 g/mol. The molecule has 2 amide bonds. The second-order valence-electron chi connectivity index (χ2n) is 6.90. The average molecular weight is 366 g/mol. The third kappa shape index (κ3) is 4.55. The number of hydrogen-bond acceptors (Lipinski definition) is 3. The van der Waals surface area contributed by atoms with Crippen molar-refractivity contribution in [1.29, 1.82) is 0 Å². The van der Waals surface area contributed by atoms with Crippen LogP contribution in [0.1, 0.15) is 38.3 Å². The van der Waals surface area contributed by atoms with Gasteiger partial charge in [-0.2, -0.15) is 0 Å². The van der Waals surface area contributed by atoms with Crippen molar-refractivity contribution in [3.63, 3.8) is 0 Å². The highest BCUT2D eigenvalue weighted by Gasteiger charge is 2.24. The first-order valence-electron chi connectivity index (χ1n) is 9.32. The molecule has 0 aliphatic carbocycles. The summed E-state index contributed by atoms with van der Waals surface area (Å²) in [5.41, 5.74) is 3.35. The summed E-state index contributed by atoms with van der Waals surface area (Å²) < 4.78 is 5.21. The molecule has 142 valence electrons. The molecule has 1 aliphatic heterocycles. The molecule has 1 aliphatic rings. The molecule has 1 fully saturated rings. The predicted octanol–water partition coefficient (Wildman–Crippen LogP) is 3.13. The number of benzene rings is 2. The quantitative estimate of drug-likeness (QED) is 0.835. The lowest BCUT2D eigenvalue weighted by Crippen LogP contribution is -2.37. The first-order chi connectivity index (χ1) is 13.1. The molecule has 0 radical (unpaired) electrons. The van der Waals surface area contributed by atoms with Crippen molar-refractivity contribution in [3.8, 4) is 0 Å². The molecule has 2 aromatic carbocycles. The highest BCUT2D eigenvalue weighted by atomic mass is 16.5. The normalized spacial score (nSPS) is 14.7. The zero-order chi connectivity index (χ0) is 19.2. The number of hydrogen-bond donors (Lipinski definition) is 0. The first kappa shape index (κ1) is 19.1. The van der Waals surface area contributed by atoms with E-state index in [4.69, 9.17) is 4.74 Å². The Bertz CT molecular complexity index is 819. The van der Waals surface area contributed by atoms with Crippen LogP contribution in [-0.4, -0.2) is 54.9 Å². The average Bonchev–Trinajstić information content (AvgIpc) is 2.94. The van der Waals surface area contributed by atoms with E-state index in [0.717, 1.165) is 17.5 Å². The SMILES string of the molecule is COCc1ccccc1C(=O)N1CCCN(C(=O)c2cccc(C)c2)CC1. The van der Waals surface area contributed by atoms with Crippen LogP contribution in [0.3, 0.4) is 0 Å². The van der Waals surface area contributed by atoms with Crippen LogP contribution < -0.4 is 0 Å². The number of nitrogens with zero attached hydrogens (tertiary/aromatic N) is 2. The predicted molar refractivity (Wildman–Crippen MR) is 105 cm³/mol. The van der Waals surface area contributed by atoms with E-state index in [2.05, 4.69) is 0 Å². The summed E-state index contributed by atoms with van der Waals surface area (Å²) in [6.07, 6.45) is 0.774. The smallest absolute Gasteiger partial charge is 0.254 e. The van der Waals surface area contributed by atoms with Crippen LogP contribution in [0.15, 0.2) is 48.5 Å². The summed E-state index contributed by atoms with van der Waals surface area (Å²) >= 11 is 0. The van der Waals surface area contributed by atoms with Crippen molar-refractivity contribution in [2.45, 2.75) is 20.0 Å². The number of aryl methyl sites for hydroxylation is 1. The topological polar surface area (TPSA) is 49.9 Å². The molecule has 0 aromatic heterocycles. The van der Waals surface area contributed by atoms with Gasteiger partial charge in [-0.1, -0.05) is 35.9 Å². The zero-order valence-electron chi connectivity index (χ0n) is 16.0. The molecule has 0 atom stereocenters. The van der Waals surface area contributed by atoms with E-state index in [0.29, 0.717) is 43.9 Å². The van der Waals surface area contributed by atoms with Gasteiger partial charge in [0.2, 0.25) is 0 Å². The minimum Gasteiger partial charge on any atom is -0.380 e.